The lowest BCUT2D eigenvalue weighted by Crippen LogP contribution is -2.27. The molecule has 1 aliphatic heterocycles. The first-order chi connectivity index (χ1) is 19.5. The first-order valence-electron chi connectivity index (χ1n) is 14.8. The van der Waals surface area contributed by atoms with Crippen LogP contribution in [-0.2, 0) is 9.47 Å². The van der Waals surface area contributed by atoms with E-state index in [-0.39, 0.29) is 11.3 Å². The van der Waals surface area contributed by atoms with E-state index in [0.717, 1.165) is 32.1 Å². The largest absolute Gasteiger partial charge is 0.490 e. The molecule has 0 atom stereocenters. The molecule has 0 unspecified atom stereocenters. The lowest BCUT2D eigenvalue weighted by molar-refractivity contribution is -0.206. The van der Waals surface area contributed by atoms with Crippen LogP contribution in [0.2, 0.25) is 0 Å². The number of halogens is 3. The highest BCUT2D eigenvalue weighted by atomic mass is 19.2. The van der Waals surface area contributed by atoms with Gasteiger partial charge in [-0.05, 0) is 42.2 Å². The van der Waals surface area contributed by atoms with Gasteiger partial charge in [-0.3, -0.25) is 0 Å². The quantitative estimate of drug-likeness (QED) is 0.186. The van der Waals surface area contributed by atoms with Crippen LogP contribution in [0.5, 0.6) is 5.75 Å². The Balaban J connectivity index is 1.37. The van der Waals surface area contributed by atoms with Gasteiger partial charge in [0.15, 0.2) is 17.9 Å². The summed E-state index contributed by atoms with van der Waals surface area (Å²) in [6.07, 6.45) is 9.31. The van der Waals surface area contributed by atoms with Crippen LogP contribution in [0, 0.1) is 23.4 Å². The highest BCUT2D eigenvalue weighted by molar-refractivity contribution is 5.71. The fraction of sp³-hybridized carbons (Fsp3) is 0.471. The monoisotopic (exact) mass is 554 g/mol. The van der Waals surface area contributed by atoms with Gasteiger partial charge in [0.05, 0.1) is 19.8 Å². The fourth-order valence-corrected chi connectivity index (χ4v) is 5.08. The summed E-state index contributed by atoms with van der Waals surface area (Å²) in [7, 11) is 0. The molecule has 0 saturated carbocycles. The summed E-state index contributed by atoms with van der Waals surface area (Å²) in [5.41, 5.74) is 2.33. The molecule has 3 aromatic rings. The summed E-state index contributed by atoms with van der Waals surface area (Å²) < 4.78 is 61.9. The van der Waals surface area contributed by atoms with Crippen LogP contribution in [0.3, 0.4) is 0 Å². The molecular formula is C34H41F3O3. The number of rotatable bonds is 14. The summed E-state index contributed by atoms with van der Waals surface area (Å²) in [5, 5.41) is 0. The van der Waals surface area contributed by atoms with E-state index in [0.29, 0.717) is 48.0 Å². The van der Waals surface area contributed by atoms with Gasteiger partial charge in [0.25, 0.3) is 0 Å². The topological polar surface area (TPSA) is 27.7 Å². The first kappa shape index (κ1) is 30.1. The molecule has 0 aromatic heterocycles. The molecule has 3 aromatic carbocycles. The zero-order valence-corrected chi connectivity index (χ0v) is 23.7. The van der Waals surface area contributed by atoms with Gasteiger partial charge in [-0.2, -0.15) is 4.39 Å². The predicted octanol–water partition coefficient (Wildman–Crippen LogP) is 10.0. The standard InChI is InChI=1S/C34H41F3O3/c1-3-5-7-8-10-20-38-31-19-18-29(32(36)33(31)37)26-14-12-25(13-15-26)28-17-16-27(21-30(28)35)34-39-22-24(23-40-34)11-9-6-4-2/h12-19,21,24,34H,3-11,20,22-23H2,1-2H3. The molecule has 1 saturated heterocycles. The second-order valence-electron chi connectivity index (χ2n) is 10.7. The molecule has 3 nitrogen and oxygen atoms in total. The van der Waals surface area contributed by atoms with Gasteiger partial charge in [0.2, 0.25) is 5.82 Å². The van der Waals surface area contributed by atoms with E-state index in [1.807, 2.05) is 6.07 Å². The molecule has 0 N–H and O–H groups in total. The zero-order valence-electron chi connectivity index (χ0n) is 23.7. The third-order valence-corrected chi connectivity index (χ3v) is 7.51. The summed E-state index contributed by atoms with van der Waals surface area (Å²) >= 11 is 0. The SMILES string of the molecule is CCCCCCCOc1ccc(-c2ccc(-c3ccc(C4OCC(CCCCC)CO4)cc3F)cc2)c(F)c1F. The summed E-state index contributed by atoms with van der Waals surface area (Å²) in [6, 6.07) is 14.7. The maximum Gasteiger partial charge on any atom is 0.201 e. The van der Waals surface area contributed by atoms with Gasteiger partial charge in [0.1, 0.15) is 5.82 Å². The Kier molecular flexibility index (Phi) is 11.5. The van der Waals surface area contributed by atoms with Crippen molar-refractivity contribution in [3.05, 3.63) is 77.6 Å². The van der Waals surface area contributed by atoms with Crippen LogP contribution >= 0.6 is 0 Å². The minimum absolute atomic E-state index is 0.0755. The molecule has 40 heavy (non-hydrogen) atoms. The van der Waals surface area contributed by atoms with Crippen LogP contribution in [0.25, 0.3) is 22.3 Å². The van der Waals surface area contributed by atoms with Crippen molar-refractivity contribution in [2.45, 2.75) is 77.9 Å². The molecule has 0 spiro atoms. The minimum Gasteiger partial charge on any atom is -0.490 e. The van der Waals surface area contributed by atoms with Crippen LogP contribution in [0.15, 0.2) is 54.6 Å². The van der Waals surface area contributed by atoms with E-state index in [2.05, 4.69) is 13.8 Å². The number of ether oxygens (including phenoxy) is 3. The van der Waals surface area contributed by atoms with Crippen molar-refractivity contribution in [2.24, 2.45) is 5.92 Å². The first-order valence-corrected chi connectivity index (χ1v) is 14.8. The minimum atomic E-state index is -0.990. The van der Waals surface area contributed by atoms with Gasteiger partial charge < -0.3 is 14.2 Å². The van der Waals surface area contributed by atoms with E-state index >= 15 is 4.39 Å². The van der Waals surface area contributed by atoms with Crippen molar-refractivity contribution in [1.82, 2.24) is 0 Å². The zero-order chi connectivity index (χ0) is 28.3. The average molecular weight is 555 g/mol. The third kappa shape index (κ3) is 7.88. The van der Waals surface area contributed by atoms with Gasteiger partial charge >= 0.3 is 0 Å². The fourth-order valence-electron chi connectivity index (χ4n) is 5.08. The van der Waals surface area contributed by atoms with Gasteiger partial charge in [0, 0.05) is 22.6 Å². The molecule has 4 rings (SSSR count). The van der Waals surface area contributed by atoms with Crippen molar-refractivity contribution in [3.8, 4) is 28.0 Å². The molecule has 1 fully saturated rings. The lowest BCUT2D eigenvalue weighted by atomic mass is 9.98. The van der Waals surface area contributed by atoms with E-state index in [1.54, 1.807) is 30.3 Å². The highest BCUT2D eigenvalue weighted by Crippen LogP contribution is 2.34. The Morgan fingerprint density at radius 1 is 0.700 bits per heavy atom. The Morgan fingerprint density at radius 3 is 2.00 bits per heavy atom. The van der Waals surface area contributed by atoms with Gasteiger partial charge in [-0.25, -0.2) is 8.78 Å². The molecule has 0 radical (unpaired) electrons. The third-order valence-electron chi connectivity index (χ3n) is 7.51. The molecule has 1 aliphatic rings. The molecule has 0 bridgehead atoms. The van der Waals surface area contributed by atoms with Gasteiger partial charge in [-0.15, -0.1) is 0 Å². The average Bonchev–Trinajstić information content (AvgIpc) is 2.98. The van der Waals surface area contributed by atoms with E-state index in [1.165, 1.54) is 43.9 Å². The Bertz CT molecular complexity index is 1200. The molecule has 0 aliphatic carbocycles. The molecule has 216 valence electrons. The van der Waals surface area contributed by atoms with Crippen molar-refractivity contribution >= 4 is 0 Å². The van der Waals surface area contributed by atoms with E-state index in [4.69, 9.17) is 14.2 Å². The van der Waals surface area contributed by atoms with E-state index in [9.17, 15) is 8.78 Å². The predicted molar refractivity (Wildman–Crippen MR) is 154 cm³/mol. The lowest BCUT2D eigenvalue weighted by Gasteiger charge is -2.29. The number of benzene rings is 3. The Labute approximate surface area is 236 Å². The molecular weight excluding hydrogens is 513 g/mol. The van der Waals surface area contributed by atoms with Crippen molar-refractivity contribution in [1.29, 1.82) is 0 Å². The van der Waals surface area contributed by atoms with Crippen molar-refractivity contribution in [3.63, 3.8) is 0 Å². The summed E-state index contributed by atoms with van der Waals surface area (Å²) in [6.45, 7) is 5.91. The van der Waals surface area contributed by atoms with Crippen molar-refractivity contribution < 1.29 is 27.4 Å². The number of hydrogen-bond donors (Lipinski definition) is 0. The van der Waals surface area contributed by atoms with Crippen molar-refractivity contribution in [2.75, 3.05) is 19.8 Å². The number of unbranched alkanes of at least 4 members (excludes halogenated alkanes) is 6. The molecule has 0 amide bonds. The second-order valence-corrected chi connectivity index (χ2v) is 10.7. The number of hydrogen-bond acceptors (Lipinski definition) is 3. The maximum absolute atomic E-state index is 15.1. The van der Waals surface area contributed by atoms with E-state index < -0.39 is 23.7 Å². The van der Waals surface area contributed by atoms with Crippen LogP contribution < -0.4 is 4.74 Å². The van der Waals surface area contributed by atoms with Gasteiger partial charge in [-0.1, -0.05) is 95.2 Å². The molecule has 6 heteroatoms. The smallest absolute Gasteiger partial charge is 0.201 e. The Hall–Kier alpha value is -2.83. The summed E-state index contributed by atoms with van der Waals surface area (Å²) in [4.78, 5) is 0. The normalized spacial score (nSPS) is 17.2. The Morgan fingerprint density at radius 2 is 1.32 bits per heavy atom. The van der Waals surface area contributed by atoms with Crippen LogP contribution in [0.4, 0.5) is 13.2 Å². The van der Waals surface area contributed by atoms with Crippen LogP contribution in [0.1, 0.15) is 83.5 Å². The second kappa shape index (κ2) is 15.2. The summed E-state index contributed by atoms with van der Waals surface area (Å²) in [5.74, 6) is -2.03. The molecule has 1 heterocycles. The maximum atomic E-state index is 15.1. The van der Waals surface area contributed by atoms with Crippen LogP contribution in [-0.4, -0.2) is 19.8 Å². The highest BCUT2D eigenvalue weighted by Gasteiger charge is 2.24.